The van der Waals surface area contributed by atoms with Crippen molar-refractivity contribution < 1.29 is 14.3 Å². The van der Waals surface area contributed by atoms with Gasteiger partial charge in [-0.3, -0.25) is 4.79 Å². The largest absolute Gasteiger partial charge is 0.490 e. The Balaban J connectivity index is 1.60. The number of carbonyl (C=O) groups is 1. The minimum atomic E-state index is -0.0483. The first kappa shape index (κ1) is 18.9. The highest BCUT2D eigenvalue weighted by Crippen LogP contribution is 2.30. The molecular formula is C21H22N2O3S. The van der Waals surface area contributed by atoms with Crippen molar-refractivity contribution in [2.45, 2.75) is 26.8 Å². The molecule has 5 nitrogen and oxygen atoms in total. The van der Waals surface area contributed by atoms with Gasteiger partial charge in [0.25, 0.3) is 5.91 Å². The van der Waals surface area contributed by atoms with Crippen molar-refractivity contribution in [2.75, 3.05) is 6.61 Å². The molecule has 0 fully saturated rings. The maximum absolute atomic E-state index is 12.3. The van der Waals surface area contributed by atoms with E-state index >= 15 is 0 Å². The van der Waals surface area contributed by atoms with Gasteiger partial charge in [-0.15, -0.1) is 11.3 Å². The van der Waals surface area contributed by atoms with Crippen LogP contribution in [0.5, 0.6) is 17.4 Å². The third kappa shape index (κ3) is 4.86. The molecule has 1 N–H and O–H groups in total. The van der Waals surface area contributed by atoms with Gasteiger partial charge < -0.3 is 14.8 Å². The van der Waals surface area contributed by atoms with Gasteiger partial charge in [0.15, 0.2) is 11.5 Å². The van der Waals surface area contributed by atoms with Crippen molar-refractivity contribution >= 4 is 17.2 Å². The number of thiophene rings is 1. The fourth-order valence-corrected chi connectivity index (χ4v) is 3.49. The van der Waals surface area contributed by atoms with Crippen LogP contribution in [0.3, 0.4) is 0 Å². The van der Waals surface area contributed by atoms with Crippen molar-refractivity contribution in [3.8, 4) is 17.4 Å². The molecule has 0 aliphatic heterocycles. The number of hydrogen-bond acceptors (Lipinski definition) is 5. The fourth-order valence-electron chi connectivity index (χ4n) is 2.57. The second-order valence-corrected chi connectivity index (χ2v) is 6.71. The van der Waals surface area contributed by atoms with Crippen LogP contribution in [0.15, 0.2) is 54.0 Å². The number of rotatable bonds is 8. The van der Waals surface area contributed by atoms with Gasteiger partial charge in [-0.25, -0.2) is 4.98 Å². The molecule has 3 aromatic rings. The van der Waals surface area contributed by atoms with Crippen LogP contribution in [0.1, 0.15) is 34.6 Å². The number of amides is 1. The molecule has 0 spiro atoms. The zero-order valence-corrected chi connectivity index (χ0v) is 16.2. The summed E-state index contributed by atoms with van der Waals surface area (Å²) in [5, 5.41) is 4.89. The van der Waals surface area contributed by atoms with Gasteiger partial charge in [-0.1, -0.05) is 25.1 Å². The Morgan fingerprint density at radius 3 is 2.63 bits per heavy atom. The minimum Gasteiger partial charge on any atom is -0.490 e. The molecule has 2 aromatic heterocycles. The number of carbonyl (C=O) groups excluding carboxylic acids is 1. The summed E-state index contributed by atoms with van der Waals surface area (Å²) in [5.41, 5.74) is 1.98. The summed E-state index contributed by atoms with van der Waals surface area (Å²) in [6.45, 7) is 4.96. The molecule has 0 saturated carbocycles. The lowest BCUT2D eigenvalue weighted by molar-refractivity contribution is 0.0954. The monoisotopic (exact) mass is 382 g/mol. The van der Waals surface area contributed by atoms with E-state index in [4.69, 9.17) is 9.47 Å². The molecule has 1 aromatic carbocycles. The molecule has 0 unspecified atom stereocenters. The van der Waals surface area contributed by atoms with Crippen LogP contribution in [-0.4, -0.2) is 17.5 Å². The Morgan fingerprint density at radius 1 is 1.11 bits per heavy atom. The lowest BCUT2D eigenvalue weighted by atomic mass is 10.2. The van der Waals surface area contributed by atoms with Crippen molar-refractivity contribution in [3.63, 3.8) is 0 Å². The van der Waals surface area contributed by atoms with Crippen LogP contribution < -0.4 is 14.8 Å². The van der Waals surface area contributed by atoms with E-state index in [9.17, 15) is 4.79 Å². The number of benzene rings is 1. The number of nitrogens with one attached hydrogen (secondary N) is 1. The highest BCUT2D eigenvalue weighted by Gasteiger charge is 2.12. The maximum Gasteiger partial charge on any atom is 0.261 e. The number of nitrogens with zero attached hydrogens (tertiary/aromatic N) is 1. The van der Waals surface area contributed by atoms with E-state index in [2.05, 4.69) is 10.3 Å². The van der Waals surface area contributed by atoms with Gasteiger partial charge in [0.05, 0.1) is 11.5 Å². The van der Waals surface area contributed by atoms with E-state index in [1.54, 1.807) is 12.3 Å². The maximum atomic E-state index is 12.3. The number of pyridine rings is 1. The molecule has 1 amide bonds. The Labute approximate surface area is 163 Å². The lowest BCUT2D eigenvalue weighted by Gasteiger charge is -2.11. The summed E-state index contributed by atoms with van der Waals surface area (Å²) < 4.78 is 11.4. The summed E-state index contributed by atoms with van der Waals surface area (Å²) in [5.74, 6) is 1.73. The molecule has 140 valence electrons. The van der Waals surface area contributed by atoms with E-state index in [-0.39, 0.29) is 5.91 Å². The molecule has 0 saturated heterocycles. The smallest absolute Gasteiger partial charge is 0.261 e. The Hall–Kier alpha value is -2.86. The second-order valence-electron chi connectivity index (χ2n) is 5.80. The Morgan fingerprint density at radius 2 is 1.93 bits per heavy atom. The van der Waals surface area contributed by atoms with Crippen molar-refractivity contribution in [3.05, 3.63) is 70.0 Å². The molecule has 0 aliphatic carbocycles. The standard InChI is InChI=1S/C21H22N2O3S/c1-3-16-11-12-27-20(16)21(24)23-14-15-9-10-19(22-13-15)26-18-8-6-5-7-17(18)25-4-2/h5-13H,3-4,14H2,1-2H3,(H,23,24). The Bertz CT molecular complexity index is 890. The average Bonchev–Trinajstić information content (AvgIpc) is 3.18. The minimum absolute atomic E-state index is 0.0483. The molecule has 2 heterocycles. The van der Waals surface area contributed by atoms with E-state index in [1.165, 1.54) is 11.3 Å². The number of para-hydroxylation sites is 2. The molecule has 0 atom stereocenters. The van der Waals surface area contributed by atoms with Gasteiger partial charge in [-0.05, 0) is 48.1 Å². The van der Waals surface area contributed by atoms with Gasteiger partial charge in [0.1, 0.15) is 0 Å². The van der Waals surface area contributed by atoms with Crippen LogP contribution >= 0.6 is 11.3 Å². The number of hydrogen-bond donors (Lipinski definition) is 1. The topological polar surface area (TPSA) is 60.5 Å². The zero-order chi connectivity index (χ0) is 19.1. The first-order chi connectivity index (χ1) is 13.2. The van der Waals surface area contributed by atoms with E-state index in [0.29, 0.717) is 30.5 Å². The van der Waals surface area contributed by atoms with Gasteiger partial charge in [0.2, 0.25) is 5.88 Å². The third-order valence-electron chi connectivity index (χ3n) is 3.95. The van der Waals surface area contributed by atoms with Crippen LogP contribution in [0, 0.1) is 0 Å². The first-order valence-corrected chi connectivity index (χ1v) is 9.78. The number of aromatic nitrogens is 1. The van der Waals surface area contributed by atoms with Gasteiger partial charge in [0, 0.05) is 18.8 Å². The highest BCUT2D eigenvalue weighted by molar-refractivity contribution is 7.12. The molecule has 3 rings (SSSR count). The molecule has 27 heavy (non-hydrogen) atoms. The fraction of sp³-hybridized carbons (Fsp3) is 0.238. The van der Waals surface area contributed by atoms with Gasteiger partial charge in [-0.2, -0.15) is 0 Å². The first-order valence-electron chi connectivity index (χ1n) is 8.90. The highest BCUT2D eigenvalue weighted by atomic mass is 32.1. The molecule has 6 heteroatoms. The van der Waals surface area contributed by atoms with Crippen molar-refractivity contribution in [1.29, 1.82) is 0 Å². The Kier molecular flexibility index (Phi) is 6.44. The normalized spacial score (nSPS) is 10.4. The quantitative estimate of drug-likeness (QED) is 0.606. The van der Waals surface area contributed by atoms with Crippen LogP contribution in [0.2, 0.25) is 0 Å². The molecule has 0 bridgehead atoms. The van der Waals surface area contributed by atoms with E-state index in [0.717, 1.165) is 22.4 Å². The van der Waals surface area contributed by atoms with Crippen LogP contribution in [0.4, 0.5) is 0 Å². The van der Waals surface area contributed by atoms with Crippen molar-refractivity contribution in [1.82, 2.24) is 10.3 Å². The lowest BCUT2D eigenvalue weighted by Crippen LogP contribution is -2.22. The average molecular weight is 382 g/mol. The van der Waals surface area contributed by atoms with Gasteiger partial charge >= 0.3 is 0 Å². The summed E-state index contributed by atoms with van der Waals surface area (Å²) in [6, 6.07) is 13.2. The second kappa shape index (κ2) is 9.19. The molecule has 0 radical (unpaired) electrons. The number of ether oxygens (including phenoxy) is 2. The predicted molar refractivity (Wildman–Crippen MR) is 107 cm³/mol. The molecule has 0 aliphatic rings. The van der Waals surface area contributed by atoms with Crippen LogP contribution in [-0.2, 0) is 13.0 Å². The SMILES string of the molecule is CCOc1ccccc1Oc1ccc(CNC(=O)c2sccc2CC)cn1. The summed E-state index contributed by atoms with van der Waals surface area (Å²) in [7, 11) is 0. The zero-order valence-electron chi connectivity index (χ0n) is 15.4. The number of aryl methyl sites for hydroxylation is 1. The summed E-state index contributed by atoms with van der Waals surface area (Å²) >= 11 is 1.47. The molecular weight excluding hydrogens is 360 g/mol. The van der Waals surface area contributed by atoms with E-state index < -0.39 is 0 Å². The predicted octanol–water partition coefficient (Wildman–Crippen LogP) is 4.83. The third-order valence-corrected chi connectivity index (χ3v) is 4.90. The summed E-state index contributed by atoms with van der Waals surface area (Å²) in [6.07, 6.45) is 2.55. The van der Waals surface area contributed by atoms with E-state index in [1.807, 2.05) is 55.6 Å². The van der Waals surface area contributed by atoms with Crippen LogP contribution in [0.25, 0.3) is 0 Å². The summed E-state index contributed by atoms with van der Waals surface area (Å²) in [4.78, 5) is 17.4. The van der Waals surface area contributed by atoms with Crippen molar-refractivity contribution in [2.24, 2.45) is 0 Å².